The fourth-order valence-corrected chi connectivity index (χ4v) is 2.51. The van der Waals surface area contributed by atoms with Gasteiger partial charge in [0.05, 0.1) is 17.6 Å². The van der Waals surface area contributed by atoms with Crippen LogP contribution in [0.2, 0.25) is 0 Å². The van der Waals surface area contributed by atoms with E-state index < -0.39 is 17.2 Å². The summed E-state index contributed by atoms with van der Waals surface area (Å²) in [6.07, 6.45) is 2.49. The van der Waals surface area contributed by atoms with Crippen molar-refractivity contribution in [3.05, 3.63) is 53.1 Å². The van der Waals surface area contributed by atoms with Crippen molar-refractivity contribution in [2.75, 3.05) is 6.54 Å². The lowest BCUT2D eigenvalue weighted by Crippen LogP contribution is -2.46. The second-order valence-corrected chi connectivity index (χ2v) is 4.66. The standard InChI is InChI=1S/C13H13F2N3/c1-13(8-2-3-9(14)10(15)6-8)12-11(4-5-18-13)16-7-17-12/h2-3,6-7,18H,4-5H2,1H3,(H,16,17). The summed E-state index contributed by atoms with van der Waals surface area (Å²) in [5.41, 5.74) is 1.98. The highest BCUT2D eigenvalue weighted by Crippen LogP contribution is 2.33. The number of halogens is 2. The molecule has 2 N–H and O–H groups in total. The third kappa shape index (κ3) is 1.54. The van der Waals surface area contributed by atoms with Gasteiger partial charge in [0.1, 0.15) is 0 Å². The lowest BCUT2D eigenvalue weighted by atomic mass is 9.84. The number of fused-ring (bicyclic) bond motifs is 1. The van der Waals surface area contributed by atoms with E-state index in [1.54, 1.807) is 12.4 Å². The molecule has 2 heterocycles. The van der Waals surface area contributed by atoms with Gasteiger partial charge in [-0.2, -0.15) is 0 Å². The van der Waals surface area contributed by atoms with E-state index in [9.17, 15) is 8.78 Å². The molecule has 1 aliphatic heterocycles. The molecule has 3 nitrogen and oxygen atoms in total. The first-order chi connectivity index (χ1) is 8.61. The SMILES string of the molecule is CC1(c2ccc(F)c(F)c2)NCCc2[nH]cnc21. The number of H-pyrrole nitrogens is 1. The van der Waals surface area contributed by atoms with Crippen molar-refractivity contribution in [3.8, 4) is 0 Å². The highest BCUT2D eigenvalue weighted by atomic mass is 19.2. The summed E-state index contributed by atoms with van der Waals surface area (Å²) in [7, 11) is 0. The fraction of sp³-hybridized carbons (Fsp3) is 0.308. The van der Waals surface area contributed by atoms with Gasteiger partial charge < -0.3 is 10.3 Å². The molecule has 5 heteroatoms. The molecule has 0 saturated carbocycles. The third-order valence-electron chi connectivity index (χ3n) is 3.54. The molecule has 1 aromatic heterocycles. The van der Waals surface area contributed by atoms with Gasteiger partial charge in [-0.25, -0.2) is 13.8 Å². The Bertz CT molecular complexity index is 594. The molecule has 0 fully saturated rings. The van der Waals surface area contributed by atoms with Crippen LogP contribution < -0.4 is 5.32 Å². The maximum atomic E-state index is 13.4. The van der Waals surface area contributed by atoms with Crippen LogP contribution in [0.25, 0.3) is 0 Å². The van der Waals surface area contributed by atoms with Crippen molar-refractivity contribution >= 4 is 0 Å². The van der Waals surface area contributed by atoms with Crippen molar-refractivity contribution in [2.24, 2.45) is 0 Å². The zero-order valence-corrected chi connectivity index (χ0v) is 9.93. The summed E-state index contributed by atoms with van der Waals surface area (Å²) in [5, 5.41) is 3.33. The van der Waals surface area contributed by atoms with Gasteiger partial charge in [-0.05, 0) is 24.6 Å². The Balaban J connectivity index is 2.14. The largest absolute Gasteiger partial charge is 0.348 e. The van der Waals surface area contributed by atoms with Gasteiger partial charge in [-0.15, -0.1) is 0 Å². The van der Waals surface area contributed by atoms with Crippen molar-refractivity contribution in [1.82, 2.24) is 15.3 Å². The number of rotatable bonds is 1. The number of nitrogens with one attached hydrogen (secondary N) is 2. The summed E-state index contributed by atoms with van der Waals surface area (Å²) in [5.74, 6) is -1.67. The van der Waals surface area contributed by atoms with Crippen molar-refractivity contribution in [2.45, 2.75) is 18.9 Å². The third-order valence-corrected chi connectivity index (χ3v) is 3.54. The van der Waals surface area contributed by atoms with Crippen molar-refractivity contribution in [1.29, 1.82) is 0 Å². The van der Waals surface area contributed by atoms with E-state index in [1.165, 1.54) is 6.07 Å². The second-order valence-electron chi connectivity index (χ2n) is 4.66. The van der Waals surface area contributed by atoms with Crippen molar-refractivity contribution in [3.63, 3.8) is 0 Å². The normalized spacial score (nSPS) is 22.8. The van der Waals surface area contributed by atoms with E-state index in [1.807, 2.05) is 6.92 Å². The number of aromatic nitrogens is 2. The van der Waals surface area contributed by atoms with Gasteiger partial charge >= 0.3 is 0 Å². The minimum atomic E-state index is -0.835. The first-order valence-electron chi connectivity index (χ1n) is 5.84. The number of nitrogens with zero attached hydrogens (tertiary/aromatic N) is 1. The molecule has 0 aliphatic carbocycles. The van der Waals surface area contributed by atoms with Gasteiger partial charge in [0.25, 0.3) is 0 Å². The summed E-state index contributed by atoms with van der Waals surface area (Å²) in [4.78, 5) is 7.39. The molecule has 0 radical (unpaired) electrons. The smallest absolute Gasteiger partial charge is 0.159 e. The monoisotopic (exact) mass is 249 g/mol. The van der Waals surface area contributed by atoms with Crippen LogP contribution in [-0.4, -0.2) is 16.5 Å². The molecular weight excluding hydrogens is 236 g/mol. The number of aromatic amines is 1. The Kier molecular flexibility index (Phi) is 2.45. The molecule has 3 rings (SSSR count). The highest BCUT2D eigenvalue weighted by molar-refractivity contribution is 5.38. The van der Waals surface area contributed by atoms with E-state index in [4.69, 9.17) is 0 Å². The molecule has 18 heavy (non-hydrogen) atoms. The number of hydrogen-bond acceptors (Lipinski definition) is 2. The topological polar surface area (TPSA) is 40.7 Å². The molecule has 1 atom stereocenters. The average molecular weight is 249 g/mol. The minimum Gasteiger partial charge on any atom is -0.348 e. The molecule has 0 saturated heterocycles. The van der Waals surface area contributed by atoms with Crippen molar-refractivity contribution < 1.29 is 8.78 Å². The van der Waals surface area contributed by atoms with Crippen LogP contribution >= 0.6 is 0 Å². The summed E-state index contributed by atoms with van der Waals surface area (Å²) in [6, 6.07) is 3.97. The Hall–Kier alpha value is -1.75. The van der Waals surface area contributed by atoms with E-state index in [-0.39, 0.29) is 0 Å². The van der Waals surface area contributed by atoms with Crippen LogP contribution in [-0.2, 0) is 12.0 Å². The van der Waals surface area contributed by atoms with Crippen LogP contribution in [0.3, 0.4) is 0 Å². The summed E-state index contributed by atoms with van der Waals surface area (Å²) < 4.78 is 26.4. The maximum absolute atomic E-state index is 13.4. The van der Waals surface area contributed by atoms with Gasteiger partial charge in [0, 0.05) is 18.7 Å². The molecule has 94 valence electrons. The zero-order chi connectivity index (χ0) is 12.8. The van der Waals surface area contributed by atoms with Gasteiger partial charge in [-0.1, -0.05) is 6.07 Å². The van der Waals surface area contributed by atoms with Gasteiger partial charge in [0.15, 0.2) is 11.6 Å². The number of benzene rings is 1. The molecule has 1 aromatic carbocycles. The summed E-state index contributed by atoms with van der Waals surface area (Å²) in [6.45, 7) is 2.70. The van der Waals surface area contributed by atoms with E-state index >= 15 is 0 Å². The first kappa shape index (κ1) is 11.3. The summed E-state index contributed by atoms with van der Waals surface area (Å²) >= 11 is 0. The van der Waals surface area contributed by atoms with E-state index in [0.29, 0.717) is 5.56 Å². The maximum Gasteiger partial charge on any atom is 0.159 e. The second kappa shape index (κ2) is 3.88. The van der Waals surface area contributed by atoms with Crippen LogP contribution in [0, 0.1) is 11.6 Å². The van der Waals surface area contributed by atoms with Crippen LogP contribution in [0.5, 0.6) is 0 Å². The zero-order valence-electron chi connectivity index (χ0n) is 9.93. The molecular formula is C13H13F2N3. The Morgan fingerprint density at radius 3 is 2.89 bits per heavy atom. The quantitative estimate of drug-likeness (QED) is 0.812. The number of imidazole rings is 1. The lowest BCUT2D eigenvalue weighted by Gasteiger charge is -2.34. The van der Waals surface area contributed by atoms with Crippen LogP contribution in [0.15, 0.2) is 24.5 Å². The molecule has 0 amide bonds. The predicted octanol–water partition coefficient (Wildman–Crippen LogP) is 2.10. The lowest BCUT2D eigenvalue weighted by molar-refractivity contribution is 0.399. The Labute approximate surface area is 103 Å². The molecule has 1 aliphatic rings. The molecule has 0 bridgehead atoms. The minimum absolute atomic E-state index is 0.581. The average Bonchev–Trinajstić information content (AvgIpc) is 2.82. The van der Waals surface area contributed by atoms with E-state index in [0.717, 1.165) is 30.4 Å². The van der Waals surface area contributed by atoms with Gasteiger partial charge in [-0.3, -0.25) is 0 Å². The molecule has 0 spiro atoms. The molecule has 1 unspecified atom stereocenters. The Morgan fingerprint density at radius 1 is 1.28 bits per heavy atom. The fourth-order valence-electron chi connectivity index (χ4n) is 2.51. The number of hydrogen-bond donors (Lipinski definition) is 2. The molecule has 2 aromatic rings. The van der Waals surface area contributed by atoms with E-state index in [2.05, 4.69) is 15.3 Å². The predicted molar refractivity (Wildman–Crippen MR) is 63.1 cm³/mol. The van der Waals surface area contributed by atoms with Gasteiger partial charge in [0.2, 0.25) is 0 Å². The first-order valence-corrected chi connectivity index (χ1v) is 5.84. The Morgan fingerprint density at radius 2 is 2.11 bits per heavy atom. The van der Waals surface area contributed by atoms with Crippen LogP contribution in [0.4, 0.5) is 8.78 Å². The van der Waals surface area contributed by atoms with Crippen LogP contribution in [0.1, 0.15) is 23.9 Å². The highest BCUT2D eigenvalue weighted by Gasteiger charge is 2.36.